The molecule has 0 bridgehead atoms. The quantitative estimate of drug-likeness (QED) is 0.495. The SMILES string of the molecule is CCCNC(=O)c1ccc(NC(=O)C(CCSC)NS(=O)(=O)CC)cc1Cl. The highest BCUT2D eigenvalue weighted by Gasteiger charge is 2.23. The number of halogens is 1. The first kappa shape index (κ1) is 23.7. The summed E-state index contributed by atoms with van der Waals surface area (Å²) in [5.41, 5.74) is 0.704. The molecule has 0 heterocycles. The molecule has 152 valence electrons. The van der Waals surface area contributed by atoms with Gasteiger partial charge in [-0.1, -0.05) is 18.5 Å². The van der Waals surface area contributed by atoms with Gasteiger partial charge < -0.3 is 10.6 Å². The molecule has 1 atom stereocenters. The van der Waals surface area contributed by atoms with Crippen molar-refractivity contribution in [2.45, 2.75) is 32.7 Å². The molecule has 1 unspecified atom stereocenters. The molecule has 0 radical (unpaired) electrons. The lowest BCUT2D eigenvalue weighted by Crippen LogP contribution is -2.44. The van der Waals surface area contributed by atoms with E-state index in [-0.39, 0.29) is 16.7 Å². The van der Waals surface area contributed by atoms with Crippen LogP contribution in [0, 0.1) is 0 Å². The summed E-state index contributed by atoms with van der Waals surface area (Å²) in [6, 6.07) is 3.68. The Kier molecular flexibility index (Phi) is 10.1. The van der Waals surface area contributed by atoms with Gasteiger partial charge in [-0.3, -0.25) is 9.59 Å². The van der Waals surface area contributed by atoms with Crippen molar-refractivity contribution < 1.29 is 18.0 Å². The standard InChI is InChI=1S/C17H26ClN3O4S2/c1-4-9-19-16(22)13-7-6-12(11-14(13)18)20-17(23)15(8-10-26-3)21-27(24,25)5-2/h6-7,11,15,21H,4-5,8-10H2,1-3H3,(H,19,22)(H,20,23). The van der Waals surface area contributed by atoms with Crippen LogP contribution < -0.4 is 15.4 Å². The summed E-state index contributed by atoms with van der Waals surface area (Å²) in [5.74, 6) is -0.237. The molecule has 0 aliphatic heterocycles. The first-order chi connectivity index (χ1) is 12.7. The molecule has 7 nitrogen and oxygen atoms in total. The topological polar surface area (TPSA) is 104 Å². The van der Waals surface area contributed by atoms with E-state index in [9.17, 15) is 18.0 Å². The van der Waals surface area contributed by atoms with Gasteiger partial charge in [0.05, 0.1) is 16.3 Å². The second-order valence-corrected chi connectivity index (χ2v) is 9.23. The maximum Gasteiger partial charge on any atom is 0.252 e. The van der Waals surface area contributed by atoms with Gasteiger partial charge in [-0.05, 0) is 50.0 Å². The third-order valence-corrected chi connectivity index (χ3v) is 6.01. The number of carbonyl (C=O) groups is 2. The maximum atomic E-state index is 12.5. The number of hydrogen-bond acceptors (Lipinski definition) is 5. The van der Waals surface area contributed by atoms with Gasteiger partial charge in [0.25, 0.3) is 5.91 Å². The predicted octanol–water partition coefficient (Wildman–Crippen LogP) is 2.48. The van der Waals surface area contributed by atoms with Crippen LogP contribution in [-0.4, -0.2) is 50.6 Å². The van der Waals surface area contributed by atoms with Gasteiger partial charge in [0.2, 0.25) is 15.9 Å². The Labute approximate surface area is 170 Å². The van der Waals surface area contributed by atoms with Crippen LogP contribution in [0.25, 0.3) is 0 Å². The van der Waals surface area contributed by atoms with Crippen LogP contribution in [0.5, 0.6) is 0 Å². The predicted molar refractivity (Wildman–Crippen MR) is 112 cm³/mol. The highest BCUT2D eigenvalue weighted by Crippen LogP contribution is 2.21. The van der Waals surface area contributed by atoms with Crippen LogP contribution in [0.4, 0.5) is 5.69 Å². The average Bonchev–Trinajstić information content (AvgIpc) is 2.63. The first-order valence-electron chi connectivity index (χ1n) is 8.61. The number of amides is 2. The normalized spacial score (nSPS) is 12.4. The highest BCUT2D eigenvalue weighted by molar-refractivity contribution is 7.98. The van der Waals surface area contributed by atoms with Crippen LogP contribution in [0.15, 0.2) is 18.2 Å². The Hall–Kier alpha value is -1.29. The molecule has 2 amide bonds. The van der Waals surface area contributed by atoms with E-state index >= 15 is 0 Å². The molecular weight excluding hydrogens is 410 g/mol. The minimum Gasteiger partial charge on any atom is -0.352 e. The fourth-order valence-corrected chi connectivity index (χ4v) is 3.68. The van der Waals surface area contributed by atoms with E-state index in [1.54, 1.807) is 6.07 Å². The Morgan fingerprint density at radius 1 is 1.26 bits per heavy atom. The largest absolute Gasteiger partial charge is 0.352 e. The monoisotopic (exact) mass is 435 g/mol. The van der Waals surface area contributed by atoms with Crippen LogP contribution >= 0.6 is 23.4 Å². The fraction of sp³-hybridized carbons (Fsp3) is 0.529. The van der Waals surface area contributed by atoms with E-state index in [4.69, 9.17) is 11.6 Å². The summed E-state index contributed by atoms with van der Waals surface area (Å²) in [7, 11) is -3.52. The lowest BCUT2D eigenvalue weighted by molar-refractivity contribution is -0.117. The summed E-state index contributed by atoms with van der Waals surface area (Å²) < 4.78 is 26.1. The number of benzene rings is 1. The number of rotatable bonds is 11. The van der Waals surface area contributed by atoms with E-state index in [0.717, 1.165) is 6.42 Å². The molecule has 1 aromatic rings. The molecule has 1 aromatic carbocycles. The third kappa shape index (κ3) is 8.08. The summed E-state index contributed by atoms with van der Waals surface area (Å²) in [5, 5.41) is 5.59. The minimum atomic E-state index is -3.52. The zero-order valence-corrected chi connectivity index (χ0v) is 18.1. The summed E-state index contributed by atoms with van der Waals surface area (Å²) in [4.78, 5) is 24.5. The molecule has 0 saturated heterocycles. The van der Waals surface area contributed by atoms with E-state index in [1.165, 1.54) is 30.8 Å². The van der Waals surface area contributed by atoms with Crippen molar-refractivity contribution in [3.8, 4) is 0 Å². The molecule has 0 aromatic heterocycles. The molecule has 0 aliphatic rings. The Bertz CT molecular complexity index is 757. The molecule has 10 heteroatoms. The number of sulfonamides is 1. The second-order valence-electron chi connectivity index (χ2n) is 5.80. The number of carbonyl (C=O) groups excluding carboxylic acids is 2. The molecule has 0 saturated carbocycles. The van der Waals surface area contributed by atoms with E-state index in [2.05, 4.69) is 15.4 Å². The van der Waals surface area contributed by atoms with Gasteiger partial charge in [0.1, 0.15) is 6.04 Å². The van der Waals surface area contributed by atoms with E-state index in [1.807, 2.05) is 13.2 Å². The van der Waals surface area contributed by atoms with Crippen molar-refractivity contribution in [1.29, 1.82) is 0 Å². The van der Waals surface area contributed by atoms with Crippen LogP contribution in [0.3, 0.4) is 0 Å². The Balaban J connectivity index is 2.88. The molecule has 0 fully saturated rings. The molecule has 27 heavy (non-hydrogen) atoms. The van der Waals surface area contributed by atoms with Gasteiger partial charge in [0, 0.05) is 12.2 Å². The Morgan fingerprint density at radius 2 is 1.96 bits per heavy atom. The highest BCUT2D eigenvalue weighted by atomic mass is 35.5. The second kappa shape index (κ2) is 11.5. The fourth-order valence-electron chi connectivity index (χ4n) is 2.12. The summed E-state index contributed by atoms with van der Waals surface area (Å²) in [6.45, 7) is 4.00. The van der Waals surface area contributed by atoms with Crippen molar-refractivity contribution >= 4 is 50.9 Å². The van der Waals surface area contributed by atoms with Crippen molar-refractivity contribution in [1.82, 2.24) is 10.0 Å². The molecular formula is C17H26ClN3O4S2. The summed E-state index contributed by atoms with van der Waals surface area (Å²) >= 11 is 7.67. The molecule has 0 aliphatic carbocycles. The van der Waals surface area contributed by atoms with Crippen molar-refractivity contribution in [2.75, 3.05) is 29.6 Å². The zero-order valence-electron chi connectivity index (χ0n) is 15.7. The van der Waals surface area contributed by atoms with Crippen LogP contribution in [-0.2, 0) is 14.8 Å². The van der Waals surface area contributed by atoms with Gasteiger partial charge in [-0.2, -0.15) is 11.8 Å². The van der Waals surface area contributed by atoms with Crippen molar-refractivity contribution in [2.24, 2.45) is 0 Å². The summed E-state index contributed by atoms with van der Waals surface area (Å²) in [6.07, 6.45) is 3.05. The van der Waals surface area contributed by atoms with Gasteiger partial charge in [-0.25, -0.2) is 13.1 Å². The molecule has 0 spiro atoms. The van der Waals surface area contributed by atoms with Crippen molar-refractivity contribution in [3.63, 3.8) is 0 Å². The lowest BCUT2D eigenvalue weighted by Gasteiger charge is -2.18. The lowest BCUT2D eigenvalue weighted by atomic mass is 10.1. The average molecular weight is 436 g/mol. The molecule has 3 N–H and O–H groups in total. The van der Waals surface area contributed by atoms with E-state index < -0.39 is 22.0 Å². The van der Waals surface area contributed by atoms with Crippen molar-refractivity contribution in [3.05, 3.63) is 28.8 Å². The van der Waals surface area contributed by atoms with Crippen LogP contribution in [0.2, 0.25) is 5.02 Å². The van der Waals surface area contributed by atoms with Gasteiger partial charge >= 0.3 is 0 Å². The molecule has 1 rings (SSSR count). The van der Waals surface area contributed by atoms with E-state index in [0.29, 0.717) is 30.0 Å². The number of nitrogens with one attached hydrogen (secondary N) is 3. The Morgan fingerprint density at radius 3 is 2.52 bits per heavy atom. The van der Waals surface area contributed by atoms with Crippen LogP contribution in [0.1, 0.15) is 37.0 Å². The van der Waals surface area contributed by atoms with Gasteiger partial charge in [0.15, 0.2) is 0 Å². The minimum absolute atomic E-state index is 0.108. The number of thioether (sulfide) groups is 1. The maximum absolute atomic E-state index is 12.5. The first-order valence-corrected chi connectivity index (χ1v) is 12.0. The smallest absolute Gasteiger partial charge is 0.252 e. The van der Waals surface area contributed by atoms with Gasteiger partial charge in [-0.15, -0.1) is 0 Å². The zero-order chi connectivity index (χ0) is 20.4. The third-order valence-electron chi connectivity index (χ3n) is 3.65. The number of hydrogen-bond donors (Lipinski definition) is 3. The number of anilines is 1.